The van der Waals surface area contributed by atoms with Crippen LogP contribution in [-0.4, -0.2) is 34.9 Å². The molecule has 0 bridgehead atoms. The quantitative estimate of drug-likeness (QED) is 0.563. The molecular formula is C27H35N3O2S. The number of para-hydroxylation sites is 1. The van der Waals surface area contributed by atoms with Gasteiger partial charge in [-0.2, -0.15) is 0 Å². The van der Waals surface area contributed by atoms with E-state index in [9.17, 15) is 9.59 Å². The van der Waals surface area contributed by atoms with E-state index in [1.165, 1.54) is 5.56 Å². The summed E-state index contributed by atoms with van der Waals surface area (Å²) in [7, 11) is 0. The number of benzene rings is 2. The van der Waals surface area contributed by atoms with Crippen molar-refractivity contribution < 1.29 is 9.59 Å². The van der Waals surface area contributed by atoms with Crippen LogP contribution in [0.3, 0.4) is 0 Å². The first kappa shape index (κ1) is 24.9. The van der Waals surface area contributed by atoms with Crippen molar-refractivity contribution in [1.29, 1.82) is 0 Å². The fourth-order valence-corrected chi connectivity index (χ4v) is 4.31. The maximum absolute atomic E-state index is 13.1. The number of piperidine rings is 1. The van der Waals surface area contributed by atoms with E-state index in [4.69, 9.17) is 12.2 Å². The van der Waals surface area contributed by atoms with Gasteiger partial charge in [-0.15, -0.1) is 0 Å². The molecule has 0 saturated carbocycles. The number of hydrogen-bond donors (Lipinski definition) is 2. The predicted octanol–water partition coefficient (Wildman–Crippen LogP) is 5.37. The number of amides is 2. The molecule has 5 nitrogen and oxygen atoms in total. The molecule has 1 saturated heterocycles. The van der Waals surface area contributed by atoms with E-state index in [0.717, 1.165) is 37.9 Å². The minimum atomic E-state index is -0.343. The number of carbonyl (C=O) groups excluding carboxylic acids is 2. The van der Waals surface area contributed by atoms with E-state index < -0.39 is 0 Å². The number of thiocarbonyl (C=S) groups is 1. The zero-order valence-corrected chi connectivity index (χ0v) is 20.9. The first-order valence-corrected chi connectivity index (χ1v) is 12.2. The number of anilines is 1. The third-order valence-corrected chi connectivity index (χ3v) is 6.43. The largest absolute Gasteiger partial charge is 0.339 e. The monoisotopic (exact) mass is 465 g/mol. The van der Waals surface area contributed by atoms with Crippen molar-refractivity contribution in [2.75, 3.05) is 18.4 Å². The van der Waals surface area contributed by atoms with Crippen molar-refractivity contribution in [1.82, 2.24) is 10.2 Å². The summed E-state index contributed by atoms with van der Waals surface area (Å²) in [6, 6.07) is 15.5. The highest BCUT2D eigenvalue weighted by molar-refractivity contribution is 7.80. The lowest BCUT2D eigenvalue weighted by Gasteiger charge is -2.31. The van der Waals surface area contributed by atoms with Crippen molar-refractivity contribution in [2.24, 2.45) is 11.8 Å². The average Bonchev–Trinajstić information content (AvgIpc) is 2.79. The van der Waals surface area contributed by atoms with Gasteiger partial charge in [-0.1, -0.05) is 57.2 Å². The van der Waals surface area contributed by atoms with Crippen LogP contribution >= 0.6 is 12.2 Å². The molecule has 3 rings (SSSR count). The van der Waals surface area contributed by atoms with E-state index in [1.807, 2.05) is 42.2 Å². The molecule has 2 aromatic carbocycles. The molecule has 0 radical (unpaired) electrons. The van der Waals surface area contributed by atoms with Gasteiger partial charge in [-0.25, -0.2) is 0 Å². The van der Waals surface area contributed by atoms with Crippen LogP contribution in [-0.2, 0) is 11.2 Å². The lowest BCUT2D eigenvalue weighted by molar-refractivity contribution is -0.120. The van der Waals surface area contributed by atoms with Crippen LogP contribution in [0.25, 0.3) is 0 Å². The standard InChI is InChI=1S/C27H35N3O2S/c1-18(2)17-21-9-11-22(12-10-21)20(4)25(31)29-27(33)28-24-8-6-5-7-23(24)26(32)30-15-13-19(3)14-16-30/h5-12,18-20H,13-17H2,1-4H3,(H2,28,29,31,33). The second kappa shape index (κ2) is 11.4. The molecular weight excluding hydrogens is 430 g/mol. The van der Waals surface area contributed by atoms with Crippen LogP contribution in [0.2, 0.25) is 0 Å². The predicted molar refractivity (Wildman–Crippen MR) is 139 cm³/mol. The Morgan fingerprint density at radius 2 is 1.67 bits per heavy atom. The molecule has 0 aliphatic carbocycles. The lowest BCUT2D eigenvalue weighted by atomic mass is 9.96. The van der Waals surface area contributed by atoms with Crippen LogP contribution < -0.4 is 10.6 Å². The Balaban J connectivity index is 1.61. The highest BCUT2D eigenvalue weighted by atomic mass is 32.1. The average molecular weight is 466 g/mol. The van der Waals surface area contributed by atoms with E-state index in [-0.39, 0.29) is 22.8 Å². The van der Waals surface area contributed by atoms with Gasteiger partial charge in [-0.05, 0) is 73.5 Å². The molecule has 0 aromatic heterocycles. The Labute approximate surface area is 202 Å². The number of hydrogen-bond acceptors (Lipinski definition) is 3. The number of carbonyl (C=O) groups is 2. The fourth-order valence-electron chi connectivity index (χ4n) is 4.10. The van der Waals surface area contributed by atoms with Gasteiger partial charge >= 0.3 is 0 Å². The molecule has 2 aromatic rings. The van der Waals surface area contributed by atoms with Gasteiger partial charge in [0.05, 0.1) is 17.2 Å². The van der Waals surface area contributed by atoms with Gasteiger partial charge in [0, 0.05) is 13.1 Å². The molecule has 6 heteroatoms. The van der Waals surface area contributed by atoms with Gasteiger partial charge in [-0.3, -0.25) is 9.59 Å². The van der Waals surface area contributed by atoms with E-state index in [1.54, 1.807) is 6.07 Å². The van der Waals surface area contributed by atoms with Crippen LogP contribution in [0.15, 0.2) is 48.5 Å². The minimum Gasteiger partial charge on any atom is -0.339 e. The molecule has 1 atom stereocenters. The summed E-state index contributed by atoms with van der Waals surface area (Å²) in [5.74, 6) is 0.712. The topological polar surface area (TPSA) is 61.4 Å². The second-order valence-corrected chi connectivity index (χ2v) is 9.93. The van der Waals surface area contributed by atoms with E-state index in [0.29, 0.717) is 23.1 Å². The highest BCUT2D eigenvalue weighted by Gasteiger charge is 2.24. The summed E-state index contributed by atoms with van der Waals surface area (Å²) >= 11 is 5.40. The summed E-state index contributed by atoms with van der Waals surface area (Å²) in [6.07, 6.45) is 3.06. The first-order chi connectivity index (χ1) is 15.7. The molecule has 176 valence electrons. The Bertz CT molecular complexity index is 979. The van der Waals surface area contributed by atoms with Crippen molar-refractivity contribution in [3.8, 4) is 0 Å². The second-order valence-electron chi connectivity index (χ2n) is 9.52. The number of nitrogens with zero attached hydrogens (tertiary/aromatic N) is 1. The smallest absolute Gasteiger partial charge is 0.255 e. The Morgan fingerprint density at radius 1 is 1.03 bits per heavy atom. The van der Waals surface area contributed by atoms with Gasteiger partial charge < -0.3 is 15.5 Å². The summed E-state index contributed by atoms with van der Waals surface area (Å²) in [6.45, 7) is 10.0. The summed E-state index contributed by atoms with van der Waals surface area (Å²) in [5, 5.41) is 6.03. The van der Waals surface area contributed by atoms with Crippen LogP contribution in [0.1, 0.15) is 67.9 Å². The zero-order valence-electron chi connectivity index (χ0n) is 20.1. The lowest BCUT2D eigenvalue weighted by Crippen LogP contribution is -2.39. The summed E-state index contributed by atoms with van der Waals surface area (Å²) in [5.41, 5.74) is 3.38. The summed E-state index contributed by atoms with van der Waals surface area (Å²) in [4.78, 5) is 27.8. The van der Waals surface area contributed by atoms with Crippen molar-refractivity contribution in [2.45, 2.75) is 52.9 Å². The molecule has 2 amide bonds. The number of rotatable bonds is 6. The van der Waals surface area contributed by atoms with Crippen molar-refractivity contribution in [3.05, 3.63) is 65.2 Å². The third-order valence-electron chi connectivity index (χ3n) is 6.23. The van der Waals surface area contributed by atoms with E-state index in [2.05, 4.69) is 43.5 Å². The Kier molecular flexibility index (Phi) is 8.61. The van der Waals surface area contributed by atoms with Gasteiger partial charge in [0.2, 0.25) is 5.91 Å². The van der Waals surface area contributed by atoms with Gasteiger partial charge in [0.25, 0.3) is 5.91 Å². The third kappa shape index (κ3) is 6.87. The summed E-state index contributed by atoms with van der Waals surface area (Å²) < 4.78 is 0. The maximum Gasteiger partial charge on any atom is 0.255 e. The zero-order chi connectivity index (χ0) is 24.0. The normalized spacial score (nSPS) is 15.2. The van der Waals surface area contributed by atoms with Crippen LogP contribution in [0, 0.1) is 11.8 Å². The molecule has 1 fully saturated rings. The molecule has 1 aliphatic heterocycles. The Morgan fingerprint density at radius 3 is 2.30 bits per heavy atom. The van der Waals surface area contributed by atoms with Crippen molar-refractivity contribution in [3.63, 3.8) is 0 Å². The van der Waals surface area contributed by atoms with Crippen LogP contribution in [0.5, 0.6) is 0 Å². The Hall–Kier alpha value is -2.73. The molecule has 1 heterocycles. The molecule has 33 heavy (non-hydrogen) atoms. The van der Waals surface area contributed by atoms with Gasteiger partial charge in [0.15, 0.2) is 5.11 Å². The maximum atomic E-state index is 13.1. The van der Waals surface area contributed by atoms with Gasteiger partial charge in [0.1, 0.15) is 0 Å². The molecule has 2 N–H and O–H groups in total. The fraction of sp³-hybridized carbons (Fsp3) is 0.444. The highest BCUT2D eigenvalue weighted by Crippen LogP contribution is 2.22. The first-order valence-electron chi connectivity index (χ1n) is 11.8. The van der Waals surface area contributed by atoms with Crippen molar-refractivity contribution >= 4 is 34.8 Å². The molecule has 1 unspecified atom stereocenters. The minimum absolute atomic E-state index is 0.00557. The SMILES string of the molecule is CC(C)Cc1ccc(C(C)C(=O)NC(=S)Nc2ccccc2C(=O)N2CCC(C)CC2)cc1. The number of likely N-dealkylation sites (tertiary alicyclic amines) is 1. The molecule has 0 spiro atoms. The number of nitrogens with one attached hydrogen (secondary N) is 2. The molecule has 1 aliphatic rings. The van der Waals surface area contributed by atoms with E-state index >= 15 is 0 Å². The van der Waals surface area contributed by atoms with Crippen LogP contribution in [0.4, 0.5) is 5.69 Å².